The Labute approximate surface area is 141 Å². The topological polar surface area (TPSA) is 88.7 Å². The smallest absolute Gasteiger partial charge is 0.265 e. The van der Waals surface area contributed by atoms with Crippen LogP contribution in [-0.4, -0.2) is 44.7 Å². The molecule has 130 valence electrons. The van der Waals surface area contributed by atoms with Crippen LogP contribution in [0.2, 0.25) is 0 Å². The molecule has 0 bridgehead atoms. The number of amides is 2. The summed E-state index contributed by atoms with van der Waals surface area (Å²) in [5.41, 5.74) is 0.678. The van der Waals surface area contributed by atoms with Crippen molar-refractivity contribution >= 4 is 23.2 Å². The fraction of sp³-hybridized carbons (Fsp3) is 0.529. The van der Waals surface area contributed by atoms with Crippen molar-refractivity contribution in [3.8, 4) is 5.75 Å². The molecule has 3 rings (SSSR count). The van der Waals surface area contributed by atoms with Crippen LogP contribution >= 0.6 is 0 Å². The van der Waals surface area contributed by atoms with Gasteiger partial charge in [-0.05, 0) is 51.1 Å². The minimum absolute atomic E-state index is 0.0535. The van der Waals surface area contributed by atoms with E-state index in [-0.39, 0.29) is 11.8 Å². The van der Waals surface area contributed by atoms with E-state index in [1.807, 2.05) is 0 Å². The Balaban J connectivity index is 1.77. The monoisotopic (exact) mass is 333 g/mol. The van der Waals surface area contributed by atoms with Crippen molar-refractivity contribution in [1.82, 2.24) is 5.32 Å². The van der Waals surface area contributed by atoms with Gasteiger partial charge in [-0.15, -0.1) is 0 Å². The Bertz CT molecular complexity index is 635. The number of ether oxygens (including phenoxy) is 2. The van der Waals surface area contributed by atoms with E-state index in [2.05, 4.69) is 16.0 Å². The summed E-state index contributed by atoms with van der Waals surface area (Å²) in [6.07, 6.45) is 0.946. The second kappa shape index (κ2) is 6.78. The van der Waals surface area contributed by atoms with E-state index in [9.17, 15) is 9.59 Å². The first-order valence-corrected chi connectivity index (χ1v) is 8.17. The van der Waals surface area contributed by atoms with Crippen molar-refractivity contribution in [2.75, 3.05) is 37.4 Å². The highest BCUT2D eigenvalue weighted by molar-refractivity contribution is 6.00. The lowest BCUT2D eigenvalue weighted by Crippen LogP contribution is -2.47. The molecule has 2 aliphatic heterocycles. The molecule has 1 saturated heterocycles. The van der Waals surface area contributed by atoms with Crippen LogP contribution in [0.1, 0.15) is 19.8 Å². The summed E-state index contributed by atoms with van der Waals surface area (Å²) in [5, 5.41) is 9.01. The molecule has 0 saturated carbocycles. The number of carbonyl (C=O) groups excluding carboxylic acids is 2. The molecule has 1 aromatic carbocycles. The zero-order chi connectivity index (χ0) is 17.2. The molecular weight excluding hydrogens is 310 g/mol. The summed E-state index contributed by atoms with van der Waals surface area (Å²) in [6, 6.07) is 5.26. The fourth-order valence-corrected chi connectivity index (χ4v) is 3.17. The minimum atomic E-state index is -0.524. The molecule has 2 amide bonds. The third-order valence-corrected chi connectivity index (χ3v) is 4.63. The normalized spacial score (nSPS) is 22.1. The number of anilines is 2. The summed E-state index contributed by atoms with van der Waals surface area (Å²) >= 11 is 0. The van der Waals surface area contributed by atoms with E-state index < -0.39 is 11.5 Å². The Morgan fingerprint density at radius 2 is 2.17 bits per heavy atom. The van der Waals surface area contributed by atoms with Gasteiger partial charge in [0.1, 0.15) is 5.75 Å². The van der Waals surface area contributed by atoms with E-state index in [1.165, 1.54) is 0 Å². The molecule has 2 aliphatic rings. The average Bonchev–Trinajstić information content (AvgIpc) is 2.57. The Hall–Kier alpha value is -2.12. The molecule has 1 unspecified atom stereocenters. The second-order valence-electron chi connectivity index (χ2n) is 6.38. The number of hydrogen-bond donors (Lipinski definition) is 3. The van der Waals surface area contributed by atoms with Gasteiger partial charge in [-0.3, -0.25) is 9.59 Å². The van der Waals surface area contributed by atoms with Crippen LogP contribution in [0.3, 0.4) is 0 Å². The van der Waals surface area contributed by atoms with Gasteiger partial charge in [-0.1, -0.05) is 0 Å². The molecule has 0 spiro atoms. The maximum absolute atomic E-state index is 12.8. The second-order valence-corrected chi connectivity index (χ2v) is 6.38. The summed E-state index contributed by atoms with van der Waals surface area (Å²) in [4.78, 5) is 24.6. The number of hydrogen-bond acceptors (Lipinski definition) is 5. The van der Waals surface area contributed by atoms with Gasteiger partial charge in [0.2, 0.25) is 5.91 Å². The molecule has 3 N–H and O–H groups in total. The van der Waals surface area contributed by atoms with Gasteiger partial charge < -0.3 is 25.4 Å². The largest absolute Gasteiger partial charge is 0.479 e. The zero-order valence-corrected chi connectivity index (χ0v) is 14.0. The number of methoxy groups -OCH3 is 1. The highest BCUT2D eigenvalue weighted by Crippen LogP contribution is 2.34. The molecule has 1 aromatic rings. The van der Waals surface area contributed by atoms with Gasteiger partial charge in [0.05, 0.1) is 17.7 Å². The highest BCUT2D eigenvalue weighted by atomic mass is 16.5. The van der Waals surface area contributed by atoms with Gasteiger partial charge in [-0.25, -0.2) is 0 Å². The first-order chi connectivity index (χ1) is 11.5. The number of nitrogens with one attached hydrogen (secondary N) is 3. The van der Waals surface area contributed by atoms with Crippen molar-refractivity contribution in [2.24, 2.45) is 5.41 Å². The van der Waals surface area contributed by atoms with Gasteiger partial charge >= 0.3 is 0 Å². The van der Waals surface area contributed by atoms with E-state index in [4.69, 9.17) is 9.47 Å². The number of fused-ring (bicyclic) bond motifs is 1. The predicted molar refractivity (Wildman–Crippen MR) is 90.2 cm³/mol. The third kappa shape index (κ3) is 3.22. The molecule has 1 atom stereocenters. The first kappa shape index (κ1) is 16.7. The lowest BCUT2D eigenvalue weighted by atomic mass is 9.78. The molecule has 0 radical (unpaired) electrons. The van der Waals surface area contributed by atoms with Gasteiger partial charge in [0, 0.05) is 12.8 Å². The van der Waals surface area contributed by atoms with E-state index in [0.717, 1.165) is 25.9 Å². The molecule has 24 heavy (non-hydrogen) atoms. The summed E-state index contributed by atoms with van der Waals surface area (Å²) in [7, 11) is 1.62. The van der Waals surface area contributed by atoms with E-state index in [0.29, 0.717) is 23.7 Å². The van der Waals surface area contributed by atoms with Crippen LogP contribution in [0, 0.1) is 5.41 Å². The van der Waals surface area contributed by atoms with Crippen molar-refractivity contribution in [1.29, 1.82) is 0 Å². The van der Waals surface area contributed by atoms with Gasteiger partial charge in [-0.2, -0.15) is 0 Å². The lowest BCUT2D eigenvalue weighted by molar-refractivity contribution is -0.130. The van der Waals surface area contributed by atoms with Crippen LogP contribution < -0.4 is 20.7 Å². The van der Waals surface area contributed by atoms with E-state index >= 15 is 0 Å². The molecule has 1 fully saturated rings. The standard InChI is InChI=1S/C17H23N3O4/c1-11-15(21)20-13-9-12(3-4-14(13)24-11)19-16(22)17(10-23-2)5-7-18-8-6-17/h3-4,9,11,18H,5-8,10H2,1-2H3,(H,19,22)(H,20,21). The molecule has 0 aromatic heterocycles. The molecule has 0 aliphatic carbocycles. The Morgan fingerprint density at radius 3 is 2.88 bits per heavy atom. The number of piperidine rings is 1. The van der Waals surface area contributed by atoms with Crippen LogP contribution in [0.15, 0.2) is 18.2 Å². The minimum Gasteiger partial charge on any atom is -0.479 e. The summed E-state index contributed by atoms with van der Waals surface area (Å²) in [5.74, 6) is 0.357. The number of carbonyl (C=O) groups is 2. The first-order valence-electron chi connectivity index (χ1n) is 8.17. The van der Waals surface area contributed by atoms with Crippen LogP contribution in [0.5, 0.6) is 5.75 Å². The van der Waals surface area contributed by atoms with E-state index in [1.54, 1.807) is 32.2 Å². The third-order valence-electron chi connectivity index (χ3n) is 4.63. The van der Waals surface area contributed by atoms with Gasteiger partial charge in [0.15, 0.2) is 6.10 Å². The number of rotatable bonds is 4. The number of benzene rings is 1. The molecule has 7 heteroatoms. The lowest BCUT2D eigenvalue weighted by Gasteiger charge is -2.35. The zero-order valence-electron chi connectivity index (χ0n) is 14.0. The molecule has 2 heterocycles. The average molecular weight is 333 g/mol. The van der Waals surface area contributed by atoms with Crippen molar-refractivity contribution in [3.05, 3.63) is 18.2 Å². The quantitative estimate of drug-likeness (QED) is 0.774. The van der Waals surface area contributed by atoms with Crippen molar-refractivity contribution in [2.45, 2.75) is 25.9 Å². The maximum atomic E-state index is 12.8. The van der Waals surface area contributed by atoms with Crippen LogP contribution in [0.25, 0.3) is 0 Å². The molecular formula is C17H23N3O4. The van der Waals surface area contributed by atoms with Crippen molar-refractivity contribution < 1.29 is 19.1 Å². The summed E-state index contributed by atoms with van der Waals surface area (Å²) in [6.45, 7) is 3.67. The fourth-order valence-electron chi connectivity index (χ4n) is 3.17. The highest BCUT2D eigenvalue weighted by Gasteiger charge is 2.39. The van der Waals surface area contributed by atoms with Crippen molar-refractivity contribution in [3.63, 3.8) is 0 Å². The summed E-state index contributed by atoms with van der Waals surface area (Å²) < 4.78 is 10.8. The maximum Gasteiger partial charge on any atom is 0.265 e. The molecule has 7 nitrogen and oxygen atoms in total. The van der Waals surface area contributed by atoms with Crippen LogP contribution in [-0.2, 0) is 14.3 Å². The predicted octanol–water partition coefficient (Wildman–Crippen LogP) is 1.36. The SMILES string of the molecule is COCC1(C(=O)Nc2ccc3c(c2)NC(=O)C(C)O3)CCNCC1. The van der Waals surface area contributed by atoms with Gasteiger partial charge in [0.25, 0.3) is 5.91 Å². The van der Waals surface area contributed by atoms with Crippen LogP contribution in [0.4, 0.5) is 11.4 Å². The Morgan fingerprint density at radius 1 is 1.42 bits per heavy atom. The Kier molecular flexibility index (Phi) is 4.73.